The van der Waals surface area contributed by atoms with Crippen molar-refractivity contribution in [1.29, 1.82) is 0 Å². The molecule has 0 aliphatic carbocycles. The van der Waals surface area contributed by atoms with Crippen LogP contribution in [0.1, 0.15) is 18.6 Å². The molecule has 0 aliphatic rings. The molecule has 17 heavy (non-hydrogen) atoms. The number of halogens is 2. The van der Waals surface area contributed by atoms with Crippen LogP contribution in [0.4, 0.5) is 8.78 Å². The Balaban J connectivity index is 2.91. The van der Waals surface area contributed by atoms with E-state index in [2.05, 4.69) is 4.74 Å². The van der Waals surface area contributed by atoms with E-state index >= 15 is 0 Å². The highest BCUT2D eigenvalue weighted by atomic mass is 19.3. The molecule has 1 unspecified atom stereocenters. The third kappa shape index (κ3) is 2.91. The summed E-state index contributed by atoms with van der Waals surface area (Å²) in [5.74, 6) is -5.92. The number of phenolic OH excluding ortho intramolecular Hbond substituents is 1. The zero-order chi connectivity index (χ0) is 13.1. The van der Waals surface area contributed by atoms with Gasteiger partial charge in [0.15, 0.2) is 6.10 Å². The summed E-state index contributed by atoms with van der Waals surface area (Å²) in [5.41, 5.74) is -0.180. The van der Waals surface area contributed by atoms with Crippen LogP contribution < -0.4 is 0 Å². The number of benzene rings is 1. The van der Waals surface area contributed by atoms with Gasteiger partial charge in [-0.1, -0.05) is 12.1 Å². The van der Waals surface area contributed by atoms with Gasteiger partial charge in [0.1, 0.15) is 5.75 Å². The van der Waals surface area contributed by atoms with Gasteiger partial charge in [0.05, 0.1) is 6.61 Å². The number of ether oxygens (including phenoxy) is 1. The largest absolute Gasteiger partial charge is 0.508 e. The van der Waals surface area contributed by atoms with Crippen molar-refractivity contribution in [2.75, 3.05) is 6.61 Å². The number of rotatable bonds is 4. The van der Waals surface area contributed by atoms with Crippen LogP contribution in [0.15, 0.2) is 24.3 Å². The predicted molar refractivity (Wildman–Crippen MR) is 54.6 cm³/mol. The fraction of sp³-hybridized carbons (Fsp3) is 0.364. The average Bonchev–Trinajstić information content (AvgIpc) is 2.29. The molecular formula is C11H12F2O4. The molecule has 0 aromatic heterocycles. The Labute approximate surface area is 96.5 Å². The highest BCUT2D eigenvalue weighted by Crippen LogP contribution is 2.33. The highest BCUT2D eigenvalue weighted by Gasteiger charge is 2.48. The first-order valence-electron chi connectivity index (χ1n) is 4.91. The van der Waals surface area contributed by atoms with Crippen LogP contribution in [0.2, 0.25) is 0 Å². The number of aliphatic hydroxyl groups excluding tert-OH is 1. The molecule has 6 heteroatoms. The lowest BCUT2D eigenvalue weighted by molar-refractivity contribution is -0.189. The van der Waals surface area contributed by atoms with Crippen molar-refractivity contribution in [2.45, 2.75) is 19.0 Å². The van der Waals surface area contributed by atoms with E-state index in [-0.39, 0.29) is 17.9 Å². The second-order valence-corrected chi connectivity index (χ2v) is 3.34. The first-order valence-corrected chi connectivity index (χ1v) is 4.91. The SMILES string of the molecule is CCOC(=O)C(F)(F)C(O)c1ccc(O)cc1. The molecule has 0 aliphatic heterocycles. The molecule has 0 radical (unpaired) electrons. The number of aliphatic hydroxyl groups is 1. The number of carbonyl (C=O) groups excluding carboxylic acids is 1. The number of esters is 1. The lowest BCUT2D eigenvalue weighted by Crippen LogP contribution is -2.37. The molecule has 1 aromatic rings. The maximum atomic E-state index is 13.4. The summed E-state index contributed by atoms with van der Waals surface area (Å²) < 4.78 is 31.0. The molecule has 4 nitrogen and oxygen atoms in total. The summed E-state index contributed by atoms with van der Waals surface area (Å²) >= 11 is 0. The normalized spacial score (nSPS) is 13.2. The van der Waals surface area contributed by atoms with Crippen LogP contribution in [0.5, 0.6) is 5.75 Å². The Bertz CT molecular complexity index is 389. The van der Waals surface area contributed by atoms with Crippen molar-refractivity contribution < 1.29 is 28.5 Å². The molecule has 1 rings (SSSR count). The number of hydrogen-bond donors (Lipinski definition) is 2. The van der Waals surface area contributed by atoms with Gasteiger partial charge in [-0.2, -0.15) is 8.78 Å². The molecule has 2 N–H and O–H groups in total. The molecule has 1 aromatic carbocycles. The molecular weight excluding hydrogens is 234 g/mol. The Morgan fingerprint density at radius 2 is 1.94 bits per heavy atom. The second-order valence-electron chi connectivity index (χ2n) is 3.34. The monoisotopic (exact) mass is 246 g/mol. The van der Waals surface area contributed by atoms with Crippen molar-refractivity contribution in [3.8, 4) is 5.75 Å². The minimum Gasteiger partial charge on any atom is -0.508 e. The van der Waals surface area contributed by atoms with Gasteiger partial charge >= 0.3 is 11.9 Å². The quantitative estimate of drug-likeness (QED) is 0.792. The summed E-state index contributed by atoms with van der Waals surface area (Å²) in [6, 6.07) is 4.49. The number of alkyl halides is 2. The fourth-order valence-corrected chi connectivity index (χ4v) is 1.20. The van der Waals surface area contributed by atoms with Crippen LogP contribution in [-0.4, -0.2) is 28.7 Å². The van der Waals surface area contributed by atoms with Crippen LogP contribution in [0.3, 0.4) is 0 Å². The Kier molecular flexibility index (Phi) is 4.01. The topological polar surface area (TPSA) is 66.8 Å². The molecule has 1 atom stereocenters. The van der Waals surface area contributed by atoms with Gasteiger partial charge < -0.3 is 14.9 Å². The number of carbonyl (C=O) groups is 1. The van der Waals surface area contributed by atoms with E-state index < -0.39 is 18.0 Å². The van der Waals surface area contributed by atoms with E-state index in [9.17, 15) is 18.7 Å². The van der Waals surface area contributed by atoms with Crippen molar-refractivity contribution in [2.24, 2.45) is 0 Å². The van der Waals surface area contributed by atoms with E-state index in [1.165, 1.54) is 6.92 Å². The minimum atomic E-state index is -4.02. The van der Waals surface area contributed by atoms with Crippen LogP contribution in [0, 0.1) is 0 Å². The summed E-state index contributed by atoms with van der Waals surface area (Å²) in [5, 5.41) is 18.4. The Hall–Kier alpha value is -1.69. The third-order valence-corrected chi connectivity index (χ3v) is 2.10. The first-order chi connectivity index (χ1) is 7.89. The lowest BCUT2D eigenvalue weighted by atomic mass is 10.0. The smallest absolute Gasteiger partial charge is 0.380 e. The van der Waals surface area contributed by atoms with Crippen LogP contribution in [-0.2, 0) is 9.53 Å². The van der Waals surface area contributed by atoms with Gasteiger partial charge in [-0.15, -0.1) is 0 Å². The highest BCUT2D eigenvalue weighted by molar-refractivity contribution is 5.78. The van der Waals surface area contributed by atoms with Crippen molar-refractivity contribution in [1.82, 2.24) is 0 Å². The van der Waals surface area contributed by atoms with Gasteiger partial charge in [-0.25, -0.2) is 4.79 Å². The predicted octanol–water partition coefficient (Wildman–Crippen LogP) is 1.62. The van der Waals surface area contributed by atoms with Gasteiger partial charge in [-0.05, 0) is 24.6 Å². The first kappa shape index (κ1) is 13.4. The van der Waals surface area contributed by atoms with E-state index in [0.29, 0.717) is 0 Å². The molecule has 0 saturated carbocycles. The summed E-state index contributed by atoms with van der Waals surface area (Å²) in [6.45, 7) is 1.19. The van der Waals surface area contributed by atoms with Crippen molar-refractivity contribution in [3.05, 3.63) is 29.8 Å². The zero-order valence-corrected chi connectivity index (χ0v) is 9.06. The van der Waals surface area contributed by atoms with E-state index in [4.69, 9.17) is 5.11 Å². The van der Waals surface area contributed by atoms with Crippen LogP contribution in [0.25, 0.3) is 0 Å². The number of hydrogen-bond acceptors (Lipinski definition) is 4. The van der Waals surface area contributed by atoms with Crippen molar-refractivity contribution >= 4 is 5.97 Å². The standard InChI is InChI=1S/C11H12F2O4/c1-2-17-10(16)11(12,13)9(15)7-3-5-8(14)6-4-7/h3-6,9,14-15H,2H2,1H3. The minimum absolute atomic E-state index is 0.125. The number of phenols is 1. The van der Waals surface area contributed by atoms with E-state index in [1.54, 1.807) is 0 Å². The fourth-order valence-electron chi connectivity index (χ4n) is 1.20. The van der Waals surface area contributed by atoms with E-state index in [0.717, 1.165) is 24.3 Å². The van der Waals surface area contributed by atoms with Gasteiger partial charge in [0.25, 0.3) is 0 Å². The van der Waals surface area contributed by atoms with Crippen molar-refractivity contribution in [3.63, 3.8) is 0 Å². The molecule has 0 fully saturated rings. The molecule has 0 bridgehead atoms. The maximum Gasteiger partial charge on any atom is 0.380 e. The van der Waals surface area contributed by atoms with Crippen LogP contribution >= 0.6 is 0 Å². The lowest BCUT2D eigenvalue weighted by Gasteiger charge is -2.20. The summed E-state index contributed by atoms with van der Waals surface area (Å²) in [7, 11) is 0. The molecule has 0 amide bonds. The molecule has 94 valence electrons. The summed E-state index contributed by atoms with van der Waals surface area (Å²) in [6.07, 6.45) is -2.30. The molecule has 0 heterocycles. The maximum absolute atomic E-state index is 13.4. The Morgan fingerprint density at radius 3 is 2.41 bits per heavy atom. The zero-order valence-electron chi connectivity index (χ0n) is 9.06. The summed E-state index contributed by atoms with van der Waals surface area (Å²) in [4.78, 5) is 11.0. The van der Waals surface area contributed by atoms with Gasteiger partial charge in [0, 0.05) is 0 Å². The van der Waals surface area contributed by atoms with Gasteiger partial charge in [0.2, 0.25) is 0 Å². The van der Waals surface area contributed by atoms with Gasteiger partial charge in [-0.3, -0.25) is 0 Å². The van der Waals surface area contributed by atoms with E-state index in [1.807, 2.05) is 0 Å². The number of aromatic hydroxyl groups is 1. The Morgan fingerprint density at radius 1 is 1.41 bits per heavy atom. The third-order valence-electron chi connectivity index (χ3n) is 2.10. The molecule has 0 saturated heterocycles. The average molecular weight is 246 g/mol. The second kappa shape index (κ2) is 5.09. The molecule has 0 spiro atoms.